The van der Waals surface area contributed by atoms with Crippen molar-refractivity contribution >= 4 is 17.2 Å². The highest BCUT2D eigenvalue weighted by molar-refractivity contribution is 7.10. The Morgan fingerprint density at radius 2 is 2.05 bits per heavy atom. The Hall–Kier alpha value is -1.85. The van der Waals surface area contributed by atoms with Crippen molar-refractivity contribution in [1.82, 2.24) is 10.2 Å². The maximum Gasteiger partial charge on any atom is 0.258 e. The van der Waals surface area contributed by atoms with Crippen molar-refractivity contribution in [2.75, 3.05) is 27.2 Å². The highest BCUT2D eigenvalue weighted by Gasteiger charge is 2.16. The van der Waals surface area contributed by atoms with Gasteiger partial charge in [-0.3, -0.25) is 4.79 Å². The smallest absolute Gasteiger partial charge is 0.258 e. The van der Waals surface area contributed by atoms with Crippen molar-refractivity contribution in [2.45, 2.75) is 13.0 Å². The number of thiophene rings is 1. The molecule has 0 radical (unpaired) electrons. The number of carbonyl (C=O) groups excluding carboxylic acids is 1. The standard InChI is InChI=1S/C17H22N2O2S/c1-13-7-4-5-8-15(13)21-12-17(20)18-11-14(19(2)3)16-9-6-10-22-16/h4-10,14H,11-12H2,1-3H3,(H,18,20)/t14-/m0/s1. The molecule has 1 atom stereocenters. The average molecular weight is 318 g/mol. The normalized spacial score (nSPS) is 12.2. The van der Waals surface area contributed by atoms with Crippen LogP contribution in [0, 0.1) is 6.92 Å². The first kappa shape index (κ1) is 16.5. The van der Waals surface area contributed by atoms with Gasteiger partial charge < -0.3 is 15.0 Å². The van der Waals surface area contributed by atoms with Crippen LogP contribution < -0.4 is 10.1 Å². The van der Waals surface area contributed by atoms with Gasteiger partial charge in [-0.1, -0.05) is 24.3 Å². The zero-order valence-corrected chi connectivity index (χ0v) is 14.0. The largest absolute Gasteiger partial charge is 0.484 e. The minimum Gasteiger partial charge on any atom is -0.484 e. The summed E-state index contributed by atoms with van der Waals surface area (Å²) in [6.07, 6.45) is 0. The van der Waals surface area contributed by atoms with Crippen molar-refractivity contribution in [2.24, 2.45) is 0 Å². The van der Waals surface area contributed by atoms with Gasteiger partial charge >= 0.3 is 0 Å². The summed E-state index contributed by atoms with van der Waals surface area (Å²) in [6, 6.07) is 12.0. The van der Waals surface area contributed by atoms with Crippen LogP contribution in [0.25, 0.3) is 0 Å². The van der Waals surface area contributed by atoms with Crippen LogP contribution in [-0.4, -0.2) is 38.1 Å². The lowest BCUT2D eigenvalue weighted by Crippen LogP contribution is -2.36. The number of hydrogen-bond acceptors (Lipinski definition) is 4. The molecule has 1 aromatic carbocycles. The van der Waals surface area contributed by atoms with Gasteiger partial charge in [0.15, 0.2) is 6.61 Å². The minimum atomic E-state index is -0.105. The van der Waals surface area contributed by atoms with Crippen molar-refractivity contribution in [3.05, 3.63) is 52.2 Å². The van der Waals surface area contributed by atoms with Gasteiger partial charge in [-0.05, 0) is 44.1 Å². The third-order valence-corrected chi connectivity index (χ3v) is 4.41. The molecule has 0 bridgehead atoms. The zero-order valence-electron chi connectivity index (χ0n) is 13.2. The fourth-order valence-corrected chi connectivity index (χ4v) is 3.06. The highest BCUT2D eigenvalue weighted by Crippen LogP contribution is 2.22. The number of nitrogens with one attached hydrogen (secondary N) is 1. The Labute approximate surface area is 135 Å². The molecule has 0 aliphatic heterocycles. The Bertz CT molecular complexity index is 596. The van der Waals surface area contributed by atoms with Gasteiger partial charge in [0.1, 0.15) is 5.75 Å². The van der Waals surface area contributed by atoms with Crippen LogP contribution in [0.15, 0.2) is 41.8 Å². The SMILES string of the molecule is Cc1ccccc1OCC(=O)NC[C@@H](c1cccs1)N(C)C. The van der Waals surface area contributed by atoms with Gasteiger partial charge in [0.25, 0.3) is 5.91 Å². The first-order valence-corrected chi connectivity index (χ1v) is 8.11. The number of carbonyl (C=O) groups is 1. The van der Waals surface area contributed by atoms with Crippen molar-refractivity contribution < 1.29 is 9.53 Å². The lowest BCUT2D eigenvalue weighted by atomic mass is 10.2. The Balaban J connectivity index is 1.83. The van der Waals surface area contributed by atoms with Crippen LogP contribution in [0.2, 0.25) is 0 Å². The molecule has 0 unspecified atom stereocenters. The van der Waals surface area contributed by atoms with Gasteiger partial charge in [-0.2, -0.15) is 0 Å². The summed E-state index contributed by atoms with van der Waals surface area (Å²) in [5, 5.41) is 4.99. The van der Waals surface area contributed by atoms with E-state index in [1.165, 1.54) is 4.88 Å². The molecule has 1 aromatic heterocycles. The van der Waals surface area contributed by atoms with E-state index in [0.29, 0.717) is 6.54 Å². The molecule has 0 aliphatic carbocycles. The maximum atomic E-state index is 12.0. The second kappa shape index (κ2) is 7.96. The predicted octanol–water partition coefficient (Wildman–Crippen LogP) is 2.85. The minimum absolute atomic E-state index is 0.0371. The molecule has 1 N–H and O–H groups in total. The lowest BCUT2D eigenvalue weighted by Gasteiger charge is -2.23. The molecule has 0 spiro atoms. The number of aryl methyl sites for hydroxylation is 1. The molecule has 0 saturated carbocycles. The topological polar surface area (TPSA) is 41.6 Å². The third kappa shape index (κ3) is 4.58. The second-order valence-corrected chi connectivity index (χ2v) is 6.33. The van der Waals surface area contributed by atoms with E-state index in [4.69, 9.17) is 4.74 Å². The molecule has 118 valence electrons. The average Bonchev–Trinajstić information content (AvgIpc) is 3.00. The first-order chi connectivity index (χ1) is 10.6. The molecule has 4 nitrogen and oxygen atoms in total. The number of hydrogen-bond donors (Lipinski definition) is 1. The van der Waals surface area contributed by atoms with Crippen LogP contribution in [0.5, 0.6) is 5.75 Å². The molecule has 5 heteroatoms. The third-order valence-electron chi connectivity index (χ3n) is 3.44. The zero-order chi connectivity index (χ0) is 15.9. The van der Waals surface area contributed by atoms with E-state index in [1.807, 2.05) is 51.4 Å². The van der Waals surface area contributed by atoms with Crippen LogP contribution >= 0.6 is 11.3 Å². The number of rotatable bonds is 7. The molecule has 1 amide bonds. The van der Waals surface area contributed by atoms with E-state index in [-0.39, 0.29) is 18.6 Å². The fraction of sp³-hybridized carbons (Fsp3) is 0.353. The van der Waals surface area contributed by atoms with Crippen LogP contribution in [0.4, 0.5) is 0 Å². The summed E-state index contributed by atoms with van der Waals surface area (Å²) in [7, 11) is 4.03. The molecule has 2 rings (SSSR count). The molecule has 1 heterocycles. The highest BCUT2D eigenvalue weighted by atomic mass is 32.1. The van der Waals surface area contributed by atoms with E-state index in [9.17, 15) is 4.79 Å². The fourth-order valence-electron chi connectivity index (χ4n) is 2.14. The number of likely N-dealkylation sites (N-methyl/N-ethyl adjacent to an activating group) is 1. The van der Waals surface area contributed by atoms with Gasteiger partial charge in [-0.15, -0.1) is 11.3 Å². The maximum absolute atomic E-state index is 12.0. The molecular formula is C17H22N2O2S. The number of ether oxygens (including phenoxy) is 1. The Morgan fingerprint density at radius 1 is 1.27 bits per heavy atom. The summed E-state index contributed by atoms with van der Waals surface area (Å²) >= 11 is 1.70. The van der Waals surface area contributed by atoms with Crippen molar-refractivity contribution in [1.29, 1.82) is 0 Å². The lowest BCUT2D eigenvalue weighted by molar-refractivity contribution is -0.123. The van der Waals surface area contributed by atoms with Gasteiger partial charge in [0, 0.05) is 11.4 Å². The molecule has 0 fully saturated rings. The summed E-state index contributed by atoms with van der Waals surface area (Å²) < 4.78 is 5.56. The molecule has 0 aliphatic rings. The molecule has 22 heavy (non-hydrogen) atoms. The number of para-hydroxylation sites is 1. The van der Waals surface area contributed by atoms with Crippen LogP contribution in [0.1, 0.15) is 16.5 Å². The summed E-state index contributed by atoms with van der Waals surface area (Å²) in [4.78, 5) is 15.3. The molecular weight excluding hydrogens is 296 g/mol. The monoisotopic (exact) mass is 318 g/mol. The summed E-state index contributed by atoms with van der Waals surface area (Å²) in [6.45, 7) is 2.57. The van der Waals surface area contributed by atoms with Gasteiger partial charge in [-0.25, -0.2) is 0 Å². The van der Waals surface area contributed by atoms with Crippen LogP contribution in [-0.2, 0) is 4.79 Å². The quantitative estimate of drug-likeness (QED) is 0.853. The predicted molar refractivity (Wildman–Crippen MR) is 90.4 cm³/mol. The molecule has 2 aromatic rings. The van der Waals surface area contributed by atoms with Gasteiger partial charge in [0.2, 0.25) is 0 Å². The summed E-state index contributed by atoms with van der Waals surface area (Å²) in [5.41, 5.74) is 1.03. The van der Waals surface area contributed by atoms with Crippen LogP contribution in [0.3, 0.4) is 0 Å². The van der Waals surface area contributed by atoms with Gasteiger partial charge in [0.05, 0.1) is 6.04 Å². The number of benzene rings is 1. The Morgan fingerprint density at radius 3 is 2.68 bits per heavy atom. The first-order valence-electron chi connectivity index (χ1n) is 7.23. The van der Waals surface area contributed by atoms with E-state index in [0.717, 1.165) is 11.3 Å². The number of amides is 1. The van der Waals surface area contributed by atoms with E-state index >= 15 is 0 Å². The molecule has 0 saturated heterocycles. The van der Waals surface area contributed by atoms with Crippen molar-refractivity contribution in [3.63, 3.8) is 0 Å². The van der Waals surface area contributed by atoms with E-state index < -0.39 is 0 Å². The van der Waals surface area contributed by atoms with E-state index in [2.05, 4.69) is 21.7 Å². The van der Waals surface area contributed by atoms with E-state index in [1.54, 1.807) is 11.3 Å². The number of nitrogens with zero attached hydrogens (tertiary/aromatic N) is 1. The summed E-state index contributed by atoms with van der Waals surface area (Å²) in [5.74, 6) is 0.645. The van der Waals surface area contributed by atoms with Crippen molar-refractivity contribution in [3.8, 4) is 5.75 Å². The second-order valence-electron chi connectivity index (χ2n) is 5.35. The Kier molecular flexibility index (Phi) is 5.98.